The van der Waals surface area contributed by atoms with Crippen molar-refractivity contribution in [2.24, 2.45) is 0 Å². The number of aromatic amines is 1. The lowest BCUT2D eigenvalue weighted by Gasteiger charge is -2.01. The van der Waals surface area contributed by atoms with Gasteiger partial charge in [0.05, 0.1) is 33.8 Å². The molecule has 3 aromatic rings. The number of hydrogen-bond donors (Lipinski definition) is 2. The van der Waals surface area contributed by atoms with Crippen LogP contribution in [0.3, 0.4) is 0 Å². The van der Waals surface area contributed by atoms with Crippen LogP contribution in [-0.4, -0.2) is 32.5 Å². The number of ether oxygens (including phenoxy) is 1. The molecule has 2 aromatic heterocycles. The van der Waals surface area contributed by atoms with Gasteiger partial charge in [0.2, 0.25) is 0 Å². The maximum absolute atomic E-state index is 12.3. The maximum Gasteiger partial charge on any atom is 0.273 e. The summed E-state index contributed by atoms with van der Waals surface area (Å²) in [4.78, 5) is 12.3. The fourth-order valence-electron chi connectivity index (χ4n) is 2.12. The first-order valence-corrected chi connectivity index (χ1v) is 8.25. The van der Waals surface area contributed by atoms with Crippen molar-refractivity contribution in [3.63, 3.8) is 0 Å². The molecular weight excluding hydrogens is 365 g/mol. The van der Waals surface area contributed by atoms with Crippen molar-refractivity contribution in [2.75, 3.05) is 11.9 Å². The number of amides is 1. The maximum atomic E-state index is 12.3. The van der Waals surface area contributed by atoms with Gasteiger partial charge >= 0.3 is 0 Å². The molecule has 0 saturated carbocycles. The summed E-state index contributed by atoms with van der Waals surface area (Å²) in [5, 5.41) is 14.6. The lowest BCUT2D eigenvalue weighted by atomic mass is 10.1. The van der Waals surface area contributed by atoms with Gasteiger partial charge in [-0.3, -0.25) is 9.89 Å². The van der Waals surface area contributed by atoms with Crippen LogP contribution in [0, 0.1) is 0 Å². The molecule has 0 aliphatic carbocycles. The molecule has 0 saturated heterocycles. The van der Waals surface area contributed by atoms with E-state index in [0.717, 1.165) is 5.56 Å². The number of hydrogen-bond acceptors (Lipinski definition) is 4. The number of H-pyrrole nitrogens is 1. The lowest BCUT2D eigenvalue weighted by molar-refractivity contribution is 0.0792. The second-order valence-electron chi connectivity index (χ2n) is 5.14. The molecule has 7 nitrogen and oxygen atoms in total. The smallest absolute Gasteiger partial charge is 0.273 e. The summed E-state index contributed by atoms with van der Waals surface area (Å²) in [5.74, 6) is -0.324. The Morgan fingerprint density at radius 2 is 2.16 bits per heavy atom. The number of carbonyl (C=O) groups excluding carboxylic acids is 1. The fourth-order valence-corrected chi connectivity index (χ4v) is 2.42. The Kier molecular flexibility index (Phi) is 5.37. The van der Waals surface area contributed by atoms with Crippen molar-refractivity contribution in [2.45, 2.75) is 13.7 Å². The second-order valence-corrected chi connectivity index (χ2v) is 5.95. The third-order valence-corrected chi connectivity index (χ3v) is 4.10. The predicted molar refractivity (Wildman–Crippen MR) is 95.8 cm³/mol. The van der Waals surface area contributed by atoms with Crippen LogP contribution in [-0.2, 0) is 11.5 Å². The van der Waals surface area contributed by atoms with Gasteiger partial charge in [-0.05, 0) is 25.1 Å². The second kappa shape index (κ2) is 7.69. The molecule has 2 N–H and O–H groups in total. The summed E-state index contributed by atoms with van der Waals surface area (Å²) < 4.78 is 6.83. The Bertz CT molecular complexity index is 890. The normalized spacial score (nSPS) is 10.8. The highest BCUT2D eigenvalue weighted by atomic mass is 35.5. The van der Waals surface area contributed by atoms with E-state index in [1.165, 1.54) is 0 Å². The Labute approximate surface area is 153 Å². The van der Waals surface area contributed by atoms with Crippen LogP contribution in [0.5, 0.6) is 0 Å². The number of nitrogens with one attached hydrogen (secondary N) is 2. The summed E-state index contributed by atoms with van der Waals surface area (Å²) in [6.45, 7) is 2.82. The van der Waals surface area contributed by atoms with Gasteiger partial charge < -0.3 is 10.1 Å². The van der Waals surface area contributed by atoms with Crippen molar-refractivity contribution < 1.29 is 9.53 Å². The van der Waals surface area contributed by atoms with Gasteiger partial charge in [0.15, 0.2) is 0 Å². The highest BCUT2D eigenvalue weighted by molar-refractivity contribution is 6.42. The minimum absolute atomic E-state index is 0.318. The zero-order valence-corrected chi connectivity index (χ0v) is 14.8. The zero-order valence-electron chi connectivity index (χ0n) is 13.3. The number of anilines is 1. The van der Waals surface area contributed by atoms with E-state index in [9.17, 15) is 4.79 Å². The molecule has 2 heterocycles. The van der Waals surface area contributed by atoms with Crippen molar-refractivity contribution in [3.05, 3.63) is 52.4 Å². The van der Waals surface area contributed by atoms with E-state index in [4.69, 9.17) is 27.9 Å². The lowest BCUT2D eigenvalue weighted by Crippen LogP contribution is -2.12. The number of halogens is 2. The first kappa shape index (κ1) is 17.5. The van der Waals surface area contributed by atoms with E-state index >= 15 is 0 Å². The van der Waals surface area contributed by atoms with Gasteiger partial charge in [0, 0.05) is 12.2 Å². The highest BCUT2D eigenvalue weighted by Gasteiger charge is 2.13. The van der Waals surface area contributed by atoms with Gasteiger partial charge in [-0.25, -0.2) is 4.68 Å². The van der Waals surface area contributed by atoms with Gasteiger partial charge in [-0.2, -0.15) is 10.2 Å². The Morgan fingerprint density at radius 1 is 1.32 bits per heavy atom. The molecule has 1 aromatic carbocycles. The summed E-state index contributed by atoms with van der Waals surface area (Å²) in [6, 6.07) is 6.79. The zero-order chi connectivity index (χ0) is 17.8. The SMILES string of the molecule is CCOCn1cc(NC(=O)c2cc(-c3ccc(Cl)c(Cl)c3)n[nH]2)cn1. The number of benzene rings is 1. The molecule has 0 aliphatic heterocycles. The molecule has 0 radical (unpaired) electrons. The summed E-state index contributed by atoms with van der Waals surface area (Å²) >= 11 is 11.9. The molecule has 9 heteroatoms. The van der Waals surface area contributed by atoms with Gasteiger partial charge in [-0.15, -0.1) is 0 Å². The summed E-state index contributed by atoms with van der Waals surface area (Å²) in [7, 11) is 0. The van der Waals surface area contributed by atoms with Crippen molar-refractivity contribution in [1.29, 1.82) is 0 Å². The fraction of sp³-hybridized carbons (Fsp3) is 0.188. The monoisotopic (exact) mass is 379 g/mol. The van der Waals surface area contributed by atoms with Gasteiger partial charge in [0.1, 0.15) is 12.4 Å². The molecule has 0 fully saturated rings. The van der Waals surface area contributed by atoms with Crippen LogP contribution in [0.1, 0.15) is 17.4 Å². The average Bonchev–Trinajstić information content (AvgIpc) is 3.25. The highest BCUT2D eigenvalue weighted by Crippen LogP contribution is 2.27. The van der Waals surface area contributed by atoms with Crippen LogP contribution >= 0.6 is 23.2 Å². The minimum atomic E-state index is -0.324. The van der Waals surface area contributed by atoms with Crippen LogP contribution in [0.25, 0.3) is 11.3 Å². The van der Waals surface area contributed by atoms with Gasteiger partial charge in [0.25, 0.3) is 5.91 Å². The summed E-state index contributed by atoms with van der Waals surface area (Å²) in [6.07, 6.45) is 3.23. The quantitative estimate of drug-likeness (QED) is 0.681. The van der Waals surface area contributed by atoms with E-state index in [-0.39, 0.29) is 5.91 Å². The third kappa shape index (κ3) is 4.19. The molecule has 3 rings (SSSR count). The Hall–Kier alpha value is -2.35. The molecule has 25 heavy (non-hydrogen) atoms. The molecule has 1 amide bonds. The topological polar surface area (TPSA) is 84.8 Å². The van der Waals surface area contributed by atoms with E-state index in [0.29, 0.717) is 40.5 Å². The van der Waals surface area contributed by atoms with Gasteiger partial charge in [-0.1, -0.05) is 29.3 Å². The number of carbonyl (C=O) groups is 1. The van der Waals surface area contributed by atoms with Crippen LogP contribution in [0.2, 0.25) is 10.0 Å². The van der Waals surface area contributed by atoms with Crippen molar-refractivity contribution >= 4 is 34.8 Å². The molecule has 0 atom stereocenters. The molecule has 0 unspecified atom stereocenters. The molecule has 0 bridgehead atoms. The number of nitrogens with zero attached hydrogens (tertiary/aromatic N) is 3. The van der Waals surface area contributed by atoms with Crippen molar-refractivity contribution in [1.82, 2.24) is 20.0 Å². The van der Waals surface area contributed by atoms with E-state index in [1.54, 1.807) is 41.3 Å². The number of aromatic nitrogens is 4. The van der Waals surface area contributed by atoms with Crippen LogP contribution in [0.4, 0.5) is 5.69 Å². The molecule has 0 spiro atoms. The van der Waals surface area contributed by atoms with Crippen molar-refractivity contribution in [3.8, 4) is 11.3 Å². The predicted octanol–water partition coefficient (Wildman–Crippen LogP) is 3.83. The van der Waals surface area contributed by atoms with E-state index < -0.39 is 0 Å². The molecule has 130 valence electrons. The summed E-state index contributed by atoms with van der Waals surface area (Å²) in [5.41, 5.74) is 2.24. The average molecular weight is 380 g/mol. The largest absolute Gasteiger partial charge is 0.360 e. The first-order valence-electron chi connectivity index (χ1n) is 7.49. The van der Waals surface area contributed by atoms with E-state index in [2.05, 4.69) is 20.6 Å². The van der Waals surface area contributed by atoms with E-state index in [1.807, 2.05) is 6.92 Å². The standard InChI is InChI=1S/C16H15Cl2N5O2/c1-2-25-9-23-8-11(7-19-23)20-16(24)15-6-14(21-22-15)10-3-4-12(17)13(18)5-10/h3-8H,2,9H2,1H3,(H,20,24)(H,21,22). The Morgan fingerprint density at radius 3 is 2.92 bits per heavy atom. The third-order valence-electron chi connectivity index (χ3n) is 3.36. The molecular formula is C16H15Cl2N5O2. The minimum Gasteiger partial charge on any atom is -0.360 e. The first-order chi connectivity index (χ1) is 12.1. The van der Waals surface area contributed by atoms with Crippen LogP contribution < -0.4 is 5.32 Å². The number of rotatable bonds is 6. The van der Waals surface area contributed by atoms with Crippen LogP contribution in [0.15, 0.2) is 36.7 Å². The Balaban J connectivity index is 1.70. The molecule has 0 aliphatic rings.